The highest BCUT2D eigenvalue weighted by Gasteiger charge is 2.27. The molecular formula is C22H21N5O5S. The van der Waals surface area contributed by atoms with Crippen molar-refractivity contribution in [3.05, 3.63) is 60.9 Å². The van der Waals surface area contributed by atoms with Crippen LogP contribution in [0.2, 0.25) is 0 Å². The van der Waals surface area contributed by atoms with Gasteiger partial charge in [0.05, 0.1) is 23.0 Å². The summed E-state index contributed by atoms with van der Waals surface area (Å²) in [7, 11) is -3.28. The van der Waals surface area contributed by atoms with E-state index in [1.165, 1.54) is 31.0 Å². The molecule has 1 saturated heterocycles. The number of furan rings is 1. The monoisotopic (exact) mass is 467 g/mol. The van der Waals surface area contributed by atoms with Gasteiger partial charge in [0.1, 0.15) is 17.8 Å². The number of carbonyl (C=O) groups is 1. The fourth-order valence-electron chi connectivity index (χ4n) is 3.83. The summed E-state index contributed by atoms with van der Waals surface area (Å²) in [5, 5.41) is 5.05. The third-order valence-electron chi connectivity index (χ3n) is 5.58. The topological polar surface area (TPSA) is 120 Å². The van der Waals surface area contributed by atoms with E-state index in [-0.39, 0.29) is 16.9 Å². The Morgan fingerprint density at radius 1 is 1.12 bits per heavy atom. The predicted molar refractivity (Wildman–Crippen MR) is 118 cm³/mol. The van der Waals surface area contributed by atoms with Crippen LogP contribution in [0.1, 0.15) is 23.4 Å². The number of aromatic nitrogens is 4. The van der Waals surface area contributed by atoms with Gasteiger partial charge in [0.25, 0.3) is 5.91 Å². The third kappa shape index (κ3) is 4.19. The molecule has 0 radical (unpaired) electrons. The average Bonchev–Trinajstić information content (AvgIpc) is 3.50. The number of hydrogen-bond acceptors (Lipinski definition) is 8. The van der Waals surface area contributed by atoms with E-state index in [2.05, 4.69) is 15.1 Å². The largest absolute Gasteiger partial charge is 0.474 e. The molecule has 0 unspecified atom stereocenters. The van der Waals surface area contributed by atoms with E-state index in [9.17, 15) is 13.2 Å². The fourth-order valence-corrected chi connectivity index (χ4v) is 4.46. The van der Waals surface area contributed by atoms with Crippen LogP contribution in [-0.2, 0) is 9.84 Å². The first-order valence-electron chi connectivity index (χ1n) is 10.4. The molecule has 0 saturated carbocycles. The van der Waals surface area contributed by atoms with E-state index < -0.39 is 9.84 Å². The van der Waals surface area contributed by atoms with Gasteiger partial charge in [-0.1, -0.05) is 0 Å². The second-order valence-corrected chi connectivity index (χ2v) is 9.84. The lowest BCUT2D eigenvalue weighted by atomic mass is 10.1. The van der Waals surface area contributed by atoms with Crippen LogP contribution in [0.15, 0.2) is 64.5 Å². The van der Waals surface area contributed by atoms with Crippen molar-refractivity contribution in [2.24, 2.45) is 0 Å². The van der Waals surface area contributed by atoms with Gasteiger partial charge >= 0.3 is 0 Å². The molecule has 3 aromatic heterocycles. The highest BCUT2D eigenvalue weighted by atomic mass is 32.2. The minimum Gasteiger partial charge on any atom is -0.474 e. The lowest BCUT2D eigenvalue weighted by molar-refractivity contribution is 0.0562. The van der Waals surface area contributed by atoms with E-state index in [0.29, 0.717) is 54.3 Å². The lowest BCUT2D eigenvalue weighted by Gasteiger charge is -2.31. The summed E-state index contributed by atoms with van der Waals surface area (Å²) < 4.78 is 36.4. The third-order valence-corrected chi connectivity index (χ3v) is 6.71. The summed E-state index contributed by atoms with van der Waals surface area (Å²) in [5.41, 5.74) is 1.23. The molecule has 1 aliphatic heterocycles. The van der Waals surface area contributed by atoms with Crippen molar-refractivity contribution in [2.75, 3.05) is 19.3 Å². The Kier molecular flexibility index (Phi) is 5.33. The Morgan fingerprint density at radius 3 is 2.55 bits per heavy atom. The lowest BCUT2D eigenvalue weighted by Crippen LogP contribution is -2.41. The molecule has 1 fully saturated rings. The number of carbonyl (C=O) groups excluding carboxylic acids is 1. The van der Waals surface area contributed by atoms with Gasteiger partial charge in [0, 0.05) is 32.2 Å². The summed E-state index contributed by atoms with van der Waals surface area (Å²) in [4.78, 5) is 23.1. The van der Waals surface area contributed by atoms with E-state index in [1.54, 1.807) is 40.0 Å². The van der Waals surface area contributed by atoms with Gasteiger partial charge in [0.2, 0.25) is 5.88 Å². The Hall–Kier alpha value is -3.73. The number of hydrogen-bond donors (Lipinski definition) is 0. The van der Waals surface area contributed by atoms with Gasteiger partial charge < -0.3 is 14.1 Å². The molecule has 11 heteroatoms. The van der Waals surface area contributed by atoms with Crippen molar-refractivity contribution in [1.29, 1.82) is 0 Å². The number of rotatable bonds is 5. The summed E-state index contributed by atoms with van der Waals surface area (Å²) in [6.07, 6.45) is 6.93. The second kappa shape index (κ2) is 8.32. The molecule has 0 N–H and O–H groups in total. The highest BCUT2D eigenvalue weighted by molar-refractivity contribution is 7.90. The quantitative estimate of drug-likeness (QED) is 0.439. The van der Waals surface area contributed by atoms with E-state index >= 15 is 0 Å². The summed E-state index contributed by atoms with van der Waals surface area (Å²) in [6, 6.07) is 9.79. The molecule has 170 valence electrons. The first kappa shape index (κ1) is 21.1. The maximum atomic E-state index is 12.4. The van der Waals surface area contributed by atoms with Crippen LogP contribution in [0.4, 0.5) is 0 Å². The molecule has 0 spiro atoms. The molecule has 0 bridgehead atoms. The van der Waals surface area contributed by atoms with Gasteiger partial charge in [-0.3, -0.25) is 4.79 Å². The Balaban J connectivity index is 1.31. The zero-order valence-corrected chi connectivity index (χ0v) is 18.6. The van der Waals surface area contributed by atoms with E-state index in [4.69, 9.17) is 9.15 Å². The highest BCUT2D eigenvalue weighted by Crippen LogP contribution is 2.27. The van der Waals surface area contributed by atoms with Crippen molar-refractivity contribution in [3.63, 3.8) is 0 Å². The van der Waals surface area contributed by atoms with Crippen LogP contribution < -0.4 is 4.74 Å². The number of nitrogens with zero attached hydrogens (tertiary/aromatic N) is 5. The van der Waals surface area contributed by atoms with Crippen LogP contribution in [0.3, 0.4) is 0 Å². The summed E-state index contributed by atoms with van der Waals surface area (Å²) in [6.45, 7) is 1.12. The maximum absolute atomic E-state index is 12.4. The Bertz CT molecular complexity index is 1390. The normalized spacial score (nSPS) is 15.1. The molecule has 1 aromatic carbocycles. The zero-order chi connectivity index (χ0) is 23.0. The van der Waals surface area contributed by atoms with Crippen LogP contribution >= 0.6 is 0 Å². The van der Waals surface area contributed by atoms with Crippen LogP contribution in [0.5, 0.6) is 5.88 Å². The molecule has 33 heavy (non-hydrogen) atoms. The summed E-state index contributed by atoms with van der Waals surface area (Å²) in [5.74, 6) is 0.643. The standard InChI is InChI=1S/C22H21N5O5S/c1-33(29,30)17-6-4-15(5-7-17)27-20-18(13-25-27)21(24-14-23-20)32-16-8-10-26(11-9-16)22(28)19-3-2-12-31-19/h2-7,12-14,16H,8-11H2,1H3. The predicted octanol–water partition coefficient (Wildman–Crippen LogP) is 2.50. The van der Waals surface area contributed by atoms with Crippen molar-refractivity contribution in [2.45, 2.75) is 23.8 Å². The first-order valence-corrected chi connectivity index (χ1v) is 12.3. The molecular weight excluding hydrogens is 446 g/mol. The van der Waals surface area contributed by atoms with Crippen molar-refractivity contribution in [1.82, 2.24) is 24.6 Å². The van der Waals surface area contributed by atoms with Crippen molar-refractivity contribution in [3.8, 4) is 11.6 Å². The number of amides is 1. The molecule has 4 heterocycles. The molecule has 1 amide bonds. The molecule has 0 atom stereocenters. The SMILES string of the molecule is CS(=O)(=O)c1ccc(-n2ncc3c(OC4CCN(C(=O)c5ccco5)CC4)ncnc32)cc1. The first-order chi connectivity index (χ1) is 15.9. The molecule has 1 aliphatic rings. The zero-order valence-electron chi connectivity index (χ0n) is 17.8. The smallest absolute Gasteiger partial charge is 0.289 e. The van der Waals surface area contributed by atoms with Crippen LogP contribution in [0.25, 0.3) is 16.7 Å². The maximum Gasteiger partial charge on any atom is 0.289 e. The van der Waals surface area contributed by atoms with Crippen molar-refractivity contribution < 1.29 is 22.4 Å². The van der Waals surface area contributed by atoms with E-state index in [0.717, 1.165) is 0 Å². The number of likely N-dealkylation sites (tertiary alicyclic amines) is 1. The Morgan fingerprint density at radius 2 is 1.88 bits per heavy atom. The Labute approximate surface area is 189 Å². The second-order valence-electron chi connectivity index (χ2n) is 7.83. The number of benzene rings is 1. The number of ether oxygens (including phenoxy) is 1. The minimum absolute atomic E-state index is 0.0962. The van der Waals surface area contributed by atoms with Gasteiger partial charge in [-0.25, -0.2) is 23.1 Å². The average molecular weight is 468 g/mol. The number of sulfone groups is 1. The number of piperidine rings is 1. The van der Waals surface area contributed by atoms with Crippen LogP contribution in [0, 0.1) is 0 Å². The number of fused-ring (bicyclic) bond motifs is 1. The van der Waals surface area contributed by atoms with Crippen LogP contribution in [-0.4, -0.2) is 64.4 Å². The van der Waals surface area contributed by atoms with Gasteiger partial charge in [-0.05, 0) is 36.4 Å². The molecule has 10 nitrogen and oxygen atoms in total. The molecule has 0 aliphatic carbocycles. The minimum atomic E-state index is -3.28. The van der Waals surface area contributed by atoms with Crippen molar-refractivity contribution >= 4 is 26.8 Å². The molecule has 5 rings (SSSR count). The van der Waals surface area contributed by atoms with Gasteiger partial charge in [-0.2, -0.15) is 5.10 Å². The van der Waals surface area contributed by atoms with Gasteiger partial charge in [-0.15, -0.1) is 0 Å². The fraction of sp³-hybridized carbons (Fsp3) is 0.273. The van der Waals surface area contributed by atoms with E-state index in [1.807, 2.05) is 0 Å². The summed E-state index contributed by atoms with van der Waals surface area (Å²) >= 11 is 0. The molecule has 4 aromatic rings. The van der Waals surface area contributed by atoms with Gasteiger partial charge in [0.15, 0.2) is 21.2 Å².